The van der Waals surface area contributed by atoms with E-state index in [0.717, 1.165) is 24.5 Å². The standard InChI is InChI=1S/C9H14N2OS/c1-7(9-11-4-5-13-9)12-8-2-3-10-6-8/h4-5,7-8,10H,2-3,6H2,1H3/t7-,8+/m0/s1. The predicted octanol–water partition coefficient (Wildman–Crippen LogP) is 1.58. The summed E-state index contributed by atoms with van der Waals surface area (Å²) in [5.41, 5.74) is 0. The summed E-state index contributed by atoms with van der Waals surface area (Å²) in [6.07, 6.45) is 3.46. The van der Waals surface area contributed by atoms with Crippen LogP contribution in [0.5, 0.6) is 0 Å². The summed E-state index contributed by atoms with van der Waals surface area (Å²) in [4.78, 5) is 4.23. The largest absolute Gasteiger partial charge is 0.367 e. The van der Waals surface area contributed by atoms with Gasteiger partial charge in [-0.25, -0.2) is 4.98 Å². The lowest BCUT2D eigenvalue weighted by atomic mass is 10.3. The third-order valence-electron chi connectivity index (χ3n) is 2.21. The van der Waals surface area contributed by atoms with Crippen LogP contribution < -0.4 is 5.32 Å². The summed E-state index contributed by atoms with van der Waals surface area (Å²) in [5.74, 6) is 0. The fourth-order valence-corrected chi connectivity index (χ4v) is 2.16. The van der Waals surface area contributed by atoms with E-state index in [1.54, 1.807) is 11.3 Å². The van der Waals surface area contributed by atoms with Crippen molar-refractivity contribution in [3.05, 3.63) is 16.6 Å². The SMILES string of the molecule is C[C@H](O[C@@H]1CCNC1)c1nccs1. The number of hydrogen-bond donors (Lipinski definition) is 1. The summed E-state index contributed by atoms with van der Waals surface area (Å²) in [5, 5.41) is 6.34. The van der Waals surface area contributed by atoms with Crippen LogP contribution in [0.1, 0.15) is 24.5 Å². The van der Waals surface area contributed by atoms with Gasteiger partial charge in [0.1, 0.15) is 11.1 Å². The van der Waals surface area contributed by atoms with Crippen molar-refractivity contribution in [1.29, 1.82) is 0 Å². The van der Waals surface area contributed by atoms with Crippen LogP contribution in [0, 0.1) is 0 Å². The molecule has 0 aromatic carbocycles. The third-order valence-corrected chi connectivity index (χ3v) is 3.15. The minimum atomic E-state index is 0.143. The first kappa shape index (κ1) is 9.12. The zero-order valence-corrected chi connectivity index (χ0v) is 8.51. The number of thiazole rings is 1. The first-order valence-corrected chi connectivity index (χ1v) is 5.50. The Morgan fingerprint density at radius 2 is 2.69 bits per heavy atom. The second kappa shape index (κ2) is 4.17. The molecule has 1 saturated heterocycles. The van der Waals surface area contributed by atoms with Gasteiger partial charge < -0.3 is 10.1 Å². The fourth-order valence-electron chi connectivity index (χ4n) is 1.53. The highest BCUT2D eigenvalue weighted by atomic mass is 32.1. The molecule has 1 aromatic rings. The summed E-state index contributed by atoms with van der Waals surface area (Å²) < 4.78 is 5.84. The van der Waals surface area contributed by atoms with Crippen molar-refractivity contribution in [3.8, 4) is 0 Å². The molecule has 1 aromatic heterocycles. The Morgan fingerprint density at radius 1 is 1.77 bits per heavy atom. The minimum absolute atomic E-state index is 0.143. The van der Waals surface area contributed by atoms with E-state index < -0.39 is 0 Å². The van der Waals surface area contributed by atoms with E-state index in [-0.39, 0.29) is 6.10 Å². The van der Waals surface area contributed by atoms with Gasteiger partial charge >= 0.3 is 0 Å². The molecule has 1 N–H and O–H groups in total. The maximum Gasteiger partial charge on any atom is 0.121 e. The molecule has 0 bridgehead atoms. The second-order valence-corrected chi connectivity index (χ2v) is 4.19. The van der Waals surface area contributed by atoms with Crippen molar-refractivity contribution in [2.45, 2.75) is 25.6 Å². The van der Waals surface area contributed by atoms with Gasteiger partial charge in [-0.05, 0) is 19.9 Å². The van der Waals surface area contributed by atoms with E-state index in [0.29, 0.717) is 6.10 Å². The number of rotatable bonds is 3. The highest BCUT2D eigenvalue weighted by Crippen LogP contribution is 2.21. The van der Waals surface area contributed by atoms with Crippen LogP contribution in [0.15, 0.2) is 11.6 Å². The van der Waals surface area contributed by atoms with E-state index in [9.17, 15) is 0 Å². The summed E-state index contributed by atoms with van der Waals surface area (Å²) in [7, 11) is 0. The second-order valence-electron chi connectivity index (χ2n) is 3.26. The Bertz CT molecular complexity index is 244. The molecule has 13 heavy (non-hydrogen) atoms. The molecule has 0 amide bonds. The molecular formula is C9H14N2OS. The summed E-state index contributed by atoms with van der Waals surface area (Å²) >= 11 is 1.66. The van der Waals surface area contributed by atoms with Gasteiger partial charge in [0.15, 0.2) is 0 Å². The van der Waals surface area contributed by atoms with Gasteiger partial charge in [-0.15, -0.1) is 11.3 Å². The van der Waals surface area contributed by atoms with Crippen LogP contribution in [0.4, 0.5) is 0 Å². The number of aromatic nitrogens is 1. The topological polar surface area (TPSA) is 34.1 Å². The molecule has 0 saturated carbocycles. The Balaban J connectivity index is 1.87. The van der Waals surface area contributed by atoms with Crippen molar-refractivity contribution < 1.29 is 4.74 Å². The maximum atomic E-state index is 5.84. The molecule has 3 nitrogen and oxygen atoms in total. The number of nitrogens with zero attached hydrogens (tertiary/aromatic N) is 1. The van der Waals surface area contributed by atoms with E-state index in [2.05, 4.69) is 17.2 Å². The van der Waals surface area contributed by atoms with E-state index >= 15 is 0 Å². The molecule has 1 aliphatic heterocycles. The average molecular weight is 198 g/mol. The van der Waals surface area contributed by atoms with E-state index in [1.807, 2.05) is 11.6 Å². The van der Waals surface area contributed by atoms with Gasteiger partial charge in [-0.2, -0.15) is 0 Å². The summed E-state index contributed by atoms with van der Waals surface area (Å²) in [6.45, 7) is 4.13. The van der Waals surface area contributed by atoms with Crippen LogP contribution in [0.2, 0.25) is 0 Å². The molecule has 2 rings (SSSR count). The Kier molecular flexibility index (Phi) is 2.93. The number of ether oxygens (including phenoxy) is 1. The van der Waals surface area contributed by atoms with Crippen LogP contribution >= 0.6 is 11.3 Å². The maximum absolute atomic E-state index is 5.84. The Morgan fingerprint density at radius 3 is 3.31 bits per heavy atom. The monoisotopic (exact) mass is 198 g/mol. The molecule has 0 aliphatic carbocycles. The highest BCUT2D eigenvalue weighted by Gasteiger charge is 2.19. The molecule has 0 spiro atoms. The molecule has 0 radical (unpaired) electrons. The first-order chi connectivity index (χ1) is 6.36. The fraction of sp³-hybridized carbons (Fsp3) is 0.667. The van der Waals surface area contributed by atoms with E-state index in [4.69, 9.17) is 4.74 Å². The van der Waals surface area contributed by atoms with Gasteiger partial charge in [0.25, 0.3) is 0 Å². The number of nitrogens with one attached hydrogen (secondary N) is 1. The lowest BCUT2D eigenvalue weighted by Gasteiger charge is -2.15. The lowest BCUT2D eigenvalue weighted by Crippen LogP contribution is -2.18. The van der Waals surface area contributed by atoms with Gasteiger partial charge in [0.2, 0.25) is 0 Å². The van der Waals surface area contributed by atoms with Crippen molar-refractivity contribution in [3.63, 3.8) is 0 Å². The highest BCUT2D eigenvalue weighted by molar-refractivity contribution is 7.09. The Hall–Kier alpha value is -0.450. The van der Waals surface area contributed by atoms with Crippen molar-refractivity contribution in [1.82, 2.24) is 10.3 Å². The lowest BCUT2D eigenvalue weighted by molar-refractivity contribution is 0.00818. The molecular weight excluding hydrogens is 184 g/mol. The minimum Gasteiger partial charge on any atom is -0.367 e. The molecule has 1 fully saturated rings. The molecule has 2 atom stereocenters. The molecule has 1 aliphatic rings. The molecule has 2 heterocycles. The van der Waals surface area contributed by atoms with Crippen molar-refractivity contribution in [2.75, 3.05) is 13.1 Å². The van der Waals surface area contributed by atoms with Gasteiger partial charge in [-0.3, -0.25) is 0 Å². The zero-order chi connectivity index (χ0) is 9.10. The average Bonchev–Trinajstić information content (AvgIpc) is 2.74. The zero-order valence-electron chi connectivity index (χ0n) is 7.69. The van der Waals surface area contributed by atoms with Gasteiger partial charge in [0.05, 0.1) is 6.10 Å². The Labute approximate surface area is 82.1 Å². The smallest absolute Gasteiger partial charge is 0.121 e. The van der Waals surface area contributed by atoms with Crippen molar-refractivity contribution >= 4 is 11.3 Å². The summed E-state index contributed by atoms with van der Waals surface area (Å²) in [6, 6.07) is 0. The van der Waals surface area contributed by atoms with Crippen LogP contribution in [0.3, 0.4) is 0 Å². The first-order valence-electron chi connectivity index (χ1n) is 4.62. The van der Waals surface area contributed by atoms with Crippen LogP contribution in [0.25, 0.3) is 0 Å². The van der Waals surface area contributed by atoms with Crippen LogP contribution in [-0.2, 0) is 4.74 Å². The van der Waals surface area contributed by atoms with Crippen LogP contribution in [-0.4, -0.2) is 24.2 Å². The normalized spacial score (nSPS) is 24.8. The van der Waals surface area contributed by atoms with Gasteiger partial charge in [0, 0.05) is 18.1 Å². The predicted molar refractivity (Wildman–Crippen MR) is 52.9 cm³/mol. The quantitative estimate of drug-likeness (QED) is 0.800. The van der Waals surface area contributed by atoms with Gasteiger partial charge in [-0.1, -0.05) is 0 Å². The third kappa shape index (κ3) is 2.27. The van der Waals surface area contributed by atoms with Crippen molar-refractivity contribution in [2.24, 2.45) is 0 Å². The molecule has 4 heteroatoms. The molecule has 0 unspecified atom stereocenters. The molecule has 72 valence electrons. The number of hydrogen-bond acceptors (Lipinski definition) is 4. The van der Waals surface area contributed by atoms with E-state index in [1.165, 1.54) is 0 Å².